The minimum absolute atomic E-state index is 0.601. The molecule has 0 amide bonds. The van der Waals surface area contributed by atoms with Crippen LogP contribution < -0.4 is 0 Å². The lowest BCUT2D eigenvalue weighted by Gasteiger charge is -2.00. The van der Waals surface area contributed by atoms with Crippen molar-refractivity contribution in [1.29, 1.82) is 0 Å². The zero-order chi connectivity index (χ0) is 13.8. The first-order valence-corrected chi connectivity index (χ1v) is 6.44. The highest BCUT2D eigenvalue weighted by atomic mass is 16.1. The number of nitrogens with zero attached hydrogens (tertiary/aromatic N) is 1. The van der Waals surface area contributed by atoms with Crippen molar-refractivity contribution in [2.24, 2.45) is 4.99 Å². The van der Waals surface area contributed by atoms with Crippen molar-refractivity contribution in [3.05, 3.63) is 77.9 Å². The Morgan fingerprint density at radius 3 is 2.40 bits per heavy atom. The van der Waals surface area contributed by atoms with E-state index < -0.39 is 0 Å². The van der Waals surface area contributed by atoms with Gasteiger partial charge in [-0.3, -0.25) is 9.79 Å². The summed E-state index contributed by atoms with van der Waals surface area (Å²) in [6.45, 7) is 0. The highest BCUT2D eigenvalue weighted by Crippen LogP contribution is 2.18. The van der Waals surface area contributed by atoms with E-state index in [9.17, 15) is 4.79 Å². The fourth-order valence-electron chi connectivity index (χ4n) is 2.14. The van der Waals surface area contributed by atoms with E-state index >= 15 is 0 Å². The Hall–Kier alpha value is -2.74. The first-order chi connectivity index (χ1) is 9.86. The van der Waals surface area contributed by atoms with E-state index in [0.717, 1.165) is 11.8 Å². The lowest BCUT2D eigenvalue weighted by atomic mass is 10.1. The number of carbonyl (C=O) groups excluding carboxylic acids is 1. The van der Waals surface area contributed by atoms with Gasteiger partial charge in [0.05, 0.1) is 5.69 Å². The third-order valence-electron chi connectivity index (χ3n) is 3.19. The molecule has 0 bridgehead atoms. The number of aldehydes is 1. The van der Waals surface area contributed by atoms with Crippen molar-refractivity contribution in [3.63, 3.8) is 0 Å². The number of aliphatic imine (C=N–C) groups is 1. The third kappa shape index (κ3) is 2.50. The highest BCUT2D eigenvalue weighted by molar-refractivity contribution is 5.92. The second kappa shape index (κ2) is 5.49. The van der Waals surface area contributed by atoms with E-state index in [1.165, 1.54) is 10.8 Å². The Morgan fingerprint density at radius 1 is 0.800 bits per heavy atom. The van der Waals surface area contributed by atoms with E-state index in [-0.39, 0.29) is 0 Å². The average molecular weight is 259 g/mol. The normalized spacial score (nSPS) is 11.0. The predicted octanol–water partition coefficient (Wildman–Crippen LogP) is 4.40. The summed E-state index contributed by atoms with van der Waals surface area (Å²) >= 11 is 0. The average Bonchev–Trinajstić information content (AvgIpc) is 2.53. The SMILES string of the molecule is O=Cc1ccccc1N=Cc1ccc2ccccc2c1. The van der Waals surface area contributed by atoms with Crippen LogP contribution in [-0.4, -0.2) is 12.5 Å². The summed E-state index contributed by atoms with van der Waals surface area (Å²) < 4.78 is 0. The second-order valence-corrected chi connectivity index (χ2v) is 4.54. The predicted molar refractivity (Wildman–Crippen MR) is 83.0 cm³/mol. The van der Waals surface area contributed by atoms with Gasteiger partial charge in [0.2, 0.25) is 0 Å². The summed E-state index contributed by atoms with van der Waals surface area (Å²) in [7, 11) is 0. The fourth-order valence-corrected chi connectivity index (χ4v) is 2.14. The fraction of sp³-hybridized carbons (Fsp3) is 0. The molecule has 3 rings (SSSR count). The molecule has 0 N–H and O–H groups in total. The molecule has 0 atom stereocenters. The Balaban J connectivity index is 1.96. The van der Waals surface area contributed by atoms with Crippen LogP contribution in [0.25, 0.3) is 10.8 Å². The van der Waals surface area contributed by atoms with Crippen LogP contribution in [0, 0.1) is 0 Å². The topological polar surface area (TPSA) is 29.4 Å². The molecule has 96 valence electrons. The maximum absolute atomic E-state index is 10.9. The molecule has 0 unspecified atom stereocenters. The summed E-state index contributed by atoms with van der Waals surface area (Å²) in [4.78, 5) is 15.3. The first-order valence-electron chi connectivity index (χ1n) is 6.44. The minimum Gasteiger partial charge on any atom is -0.298 e. The van der Waals surface area contributed by atoms with Gasteiger partial charge in [0, 0.05) is 11.8 Å². The Kier molecular flexibility index (Phi) is 3.38. The molecule has 0 saturated carbocycles. The summed E-state index contributed by atoms with van der Waals surface area (Å²) in [6.07, 6.45) is 2.61. The largest absolute Gasteiger partial charge is 0.298 e. The number of hydrogen-bond donors (Lipinski definition) is 0. The molecule has 0 heterocycles. The molecule has 2 heteroatoms. The van der Waals surface area contributed by atoms with Gasteiger partial charge in [0.25, 0.3) is 0 Å². The van der Waals surface area contributed by atoms with Crippen molar-refractivity contribution >= 4 is 29.0 Å². The lowest BCUT2D eigenvalue weighted by molar-refractivity contribution is 0.112. The van der Waals surface area contributed by atoms with Crippen molar-refractivity contribution in [2.45, 2.75) is 0 Å². The van der Waals surface area contributed by atoms with Crippen LogP contribution in [0.2, 0.25) is 0 Å². The van der Waals surface area contributed by atoms with E-state index in [2.05, 4.69) is 29.3 Å². The van der Waals surface area contributed by atoms with E-state index in [4.69, 9.17) is 0 Å². The molecule has 0 saturated heterocycles. The smallest absolute Gasteiger partial charge is 0.152 e. The molecule has 0 aliphatic heterocycles. The van der Waals surface area contributed by atoms with Gasteiger partial charge in [-0.2, -0.15) is 0 Å². The molecule has 0 spiro atoms. The summed E-state index contributed by atoms with van der Waals surface area (Å²) in [6, 6.07) is 21.7. The zero-order valence-corrected chi connectivity index (χ0v) is 10.9. The zero-order valence-electron chi connectivity index (χ0n) is 10.9. The molecule has 20 heavy (non-hydrogen) atoms. The maximum atomic E-state index is 10.9. The summed E-state index contributed by atoms with van der Waals surface area (Å²) in [5.74, 6) is 0. The van der Waals surface area contributed by atoms with Gasteiger partial charge in [0.1, 0.15) is 0 Å². The third-order valence-corrected chi connectivity index (χ3v) is 3.19. The van der Waals surface area contributed by atoms with Crippen molar-refractivity contribution in [2.75, 3.05) is 0 Å². The number of carbonyl (C=O) groups is 1. The van der Waals surface area contributed by atoms with Gasteiger partial charge in [0.15, 0.2) is 6.29 Å². The van der Waals surface area contributed by atoms with Crippen LogP contribution >= 0.6 is 0 Å². The number of hydrogen-bond acceptors (Lipinski definition) is 2. The van der Waals surface area contributed by atoms with Gasteiger partial charge in [-0.25, -0.2) is 0 Å². The molecule has 0 fully saturated rings. The maximum Gasteiger partial charge on any atom is 0.152 e. The van der Waals surface area contributed by atoms with E-state index in [1.807, 2.05) is 36.4 Å². The monoisotopic (exact) mass is 259 g/mol. The molecular weight excluding hydrogens is 246 g/mol. The van der Waals surface area contributed by atoms with Crippen molar-refractivity contribution in [1.82, 2.24) is 0 Å². The molecular formula is C18H13NO. The molecule has 3 aromatic carbocycles. The van der Waals surface area contributed by atoms with Crippen LogP contribution in [0.1, 0.15) is 15.9 Å². The van der Waals surface area contributed by atoms with Gasteiger partial charge >= 0.3 is 0 Å². The second-order valence-electron chi connectivity index (χ2n) is 4.54. The minimum atomic E-state index is 0.601. The highest BCUT2D eigenvalue weighted by Gasteiger charge is 1.98. The number of fused-ring (bicyclic) bond motifs is 1. The molecule has 0 aromatic heterocycles. The standard InChI is InChI=1S/C18H13NO/c20-13-17-7-3-4-8-18(17)19-12-14-9-10-15-5-1-2-6-16(15)11-14/h1-13H. The quantitative estimate of drug-likeness (QED) is 0.506. The molecule has 2 nitrogen and oxygen atoms in total. The molecule has 0 aliphatic rings. The van der Waals surface area contributed by atoms with Crippen LogP contribution in [0.15, 0.2) is 71.7 Å². The Labute approximate surface area is 117 Å². The van der Waals surface area contributed by atoms with Crippen LogP contribution in [0.4, 0.5) is 5.69 Å². The molecule has 0 aliphatic carbocycles. The number of rotatable bonds is 3. The van der Waals surface area contributed by atoms with Crippen LogP contribution in [0.3, 0.4) is 0 Å². The van der Waals surface area contributed by atoms with Crippen molar-refractivity contribution < 1.29 is 4.79 Å². The van der Waals surface area contributed by atoms with E-state index in [1.54, 1.807) is 12.3 Å². The number of para-hydroxylation sites is 1. The van der Waals surface area contributed by atoms with Crippen LogP contribution in [0.5, 0.6) is 0 Å². The van der Waals surface area contributed by atoms with Gasteiger partial charge in [-0.15, -0.1) is 0 Å². The molecule has 3 aromatic rings. The summed E-state index contributed by atoms with van der Waals surface area (Å²) in [5, 5.41) is 2.39. The first kappa shape index (κ1) is 12.3. The van der Waals surface area contributed by atoms with Crippen LogP contribution in [-0.2, 0) is 0 Å². The Morgan fingerprint density at radius 2 is 1.55 bits per heavy atom. The van der Waals surface area contributed by atoms with Gasteiger partial charge in [-0.05, 0) is 34.5 Å². The lowest BCUT2D eigenvalue weighted by Crippen LogP contribution is -1.83. The molecule has 0 radical (unpaired) electrons. The van der Waals surface area contributed by atoms with Crippen molar-refractivity contribution in [3.8, 4) is 0 Å². The summed E-state index contributed by atoms with van der Waals surface area (Å²) in [5.41, 5.74) is 2.31. The van der Waals surface area contributed by atoms with Gasteiger partial charge in [-0.1, -0.05) is 48.5 Å². The van der Waals surface area contributed by atoms with E-state index in [0.29, 0.717) is 11.3 Å². The number of benzene rings is 3. The van der Waals surface area contributed by atoms with Gasteiger partial charge < -0.3 is 0 Å². The Bertz CT molecular complexity index is 790.